The van der Waals surface area contributed by atoms with Crippen molar-refractivity contribution < 1.29 is 14.4 Å². The Morgan fingerprint density at radius 1 is 1.43 bits per heavy atom. The zero-order valence-electron chi connectivity index (χ0n) is 12.9. The van der Waals surface area contributed by atoms with Gasteiger partial charge in [-0.15, -0.1) is 0 Å². The summed E-state index contributed by atoms with van der Waals surface area (Å²) >= 11 is 0. The van der Waals surface area contributed by atoms with Gasteiger partial charge in [0.15, 0.2) is 0 Å². The van der Waals surface area contributed by atoms with Gasteiger partial charge in [0.2, 0.25) is 5.60 Å². The van der Waals surface area contributed by atoms with Crippen molar-refractivity contribution in [3.8, 4) is 0 Å². The maximum atomic E-state index is 12.3. The van der Waals surface area contributed by atoms with Crippen LogP contribution in [0.1, 0.15) is 40.0 Å². The summed E-state index contributed by atoms with van der Waals surface area (Å²) in [7, 11) is 0. The number of carbonyl (C=O) groups is 2. The van der Waals surface area contributed by atoms with Gasteiger partial charge in [0.1, 0.15) is 0 Å². The lowest BCUT2D eigenvalue weighted by molar-refractivity contribution is -0.142. The van der Waals surface area contributed by atoms with E-state index < -0.39 is 5.60 Å². The van der Waals surface area contributed by atoms with E-state index in [0.29, 0.717) is 26.1 Å². The van der Waals surface area contributed by atoms with E-state index in [-0.39, 0.29) is 18.0 Å². The fraction of sp³-hybridized carbons (Fsp3) is 0.786. The molecule has 0 bridgehead atoms. The lowest BCUT2D eigenvalue weighted by Gasteiger charge is -2.33. The molecule has 3 amide bonds. The summed E-state index contributed by atoms with van der Waals surface area (Å²) in [5, 5.41) is 9.66. The van der Waals surface area contributed by atoms with Crippen LogP contribution in [0.2, 0.25) is 0 Å². The summed E-state index contributed by atoms with van der Waals surface area (Å²) in [6, 6.07) is 0.0573. The van der Waals surface area contributed by atoms with E-state index in [1.54, 1.807) is 11.8 Å². The molecule has 0 aromatic rings. The molecule has 2 heterocycles. The topological polar surface area (TPSA) is 83.0 Å². The lowest BCUT2D eigenvalue weighted by atomic mass is 9.97. The van der Waals surface area contributed by atoms with Crippen molar-refractivity contribution in [2.24, 2.45) is 5.16 Å². The van der Waals surface area contributed by atoms with Crippen molar-refractivity contribution in [2.75, 3.05) is 19.6 Å². The second kappa shape index (κ2) is 6.32. The summed E-state index contributed by atoms with van der Waals surface area (Å²) in [6.45, 7) is 7.45. The second-order valence-electron chi connectivity index (χ2n) is 5.90. The molecule has 7 nitrogen and oxygen atoms in total. The first-order valence-electron chi connectivity index (χ1n) is 7.50. The number of piperidine rings is 1. The highest BCUT2D eigenvalue weighted by Crippen LogP contribution is 2.24. The number of nitrogens with one attached hydrogen (secondary N) is 2. The monoisotopic (exact) mass is 296 g/mol. The molecule has 0 unspecified atom stereocenters. The Morgan fingerprint density at radius 3 is 2.62 bits per heavy atom. The maximum Gasteiger partial charge on any atom is 0.317 e. The van der Waals surface area contributed by atoms with Crippen LogP contribution in [0, 0.1) is 0 Å². The third-order valence-electron chi connectivity index (χ3n) is 3.92. The van der Waals surface area contributed by atoms with Crippen molar-refractivity contribution in [3.05, 3.63) is 0 Å². The van der Waals surface area contributed by atoms with Gasteiger partial charge in [-0.2, -0.15) is 0 Å². The lowest BCUT2D eigenvalue weighted by Crippen LogP contribution is -2.53. The minimum atomic E-state index is -0.888. The molecule has 0 saturated carbocycles. The molecule has 118 valence electrons. The number of rotatable bonds is 3. The molecule has 0 aliphatic carbocycles. The Labute approximate surface area is 125 Å². The van der Waals surface area contributed by atoms with Gasteiger partial charge in [0.05, 0.1) is 5.71 Å². The van der Waals surface area contributed by atoms with Gasteiger partial charge in [-0.05, 0) is 33.6 Å². The molecule has 2 N–H and O–H groups in total. The third-order valence-corrected chi connectivity index (χ3v) is 3.92. The second-order valence-corrected chi connectivity index (χ2v) is 5.90. The van der Waals surface area contributed by atoms with E-state index in [4.69, 9.17) is 4.84 Å². The number of likely N-dealkylation sites (tertiary alicyclic amines) is 1. The highest BCUT2D eigenvalue weighted by molar-refractivity contribution is 5.94. The van der Waals surface area contributed by atoms with Gasteiger partial charge >= 0.3 is 6.03 Å². The van der Waals surface area contributed by atoms with Crippen molar-refractivity contribution in [1.82, 2.24) is 15.5 Å². The Morgan fingerprint density at radius 2 is 2.10 bits per heavy atom. The molecule has 0 radical (unpaired) electrons. The predicted octanol–water partition coefficient (Wildman–Crippen LogP) is 0.851. The number of oxime groups is 1. The van der Waals surface area contributed by atoms with Crippen LogP contribution in [0.5, 0.6) is 0 Å². The van der Waals surface area contributed by atoms with Crippen LogP contribution in [0.25, 0.3) is 0 Å². The number of carbonyl (C=O) groups excluding carboxylic acids is 2. The molecule has 7 heteroatoms. The van der Waals surface area contributed by atoms with Crippen LogP contribution < -0.4 is 10.6 Å². The molecule has 2 aliphatic heterocycles. The van der Waals surface area contributed by atoms with Crippen molar-refractivity contribution in [3.63, 3.8) is 0 Å². The number of amides is 3. The van der Waals surface area contributed by atoms with E-state index in [9.17, 15) is 9.59 Å². The third kappa shape index (κ3) is 3.65. The van der Waals surface area contributed by atoms with Gasteiger partial charge in [0, 0.05) is 32.1 Å². The number of nitrogens with zero attached hydrogens (tertiary/aromatic N) is 2. The van der Waals surface area contributed by atoms with Crippen LogP contribution in [-0.2, 0) is 9.63 Å². The molecule has 0 spiro atoms. The summed E-state index contributed by atoms with van der Waals surface area (Å²) in [5.41, 5.74) is -0.0560. The van der Waals surface area contributed by atoms with Gasteiger partial charge in [-0.25, -0.2) is 4.79 Å². The molecular weight excluding hydrogens is 272 g/mol. The minimum absolute atomic E-state index is 0.0302. The van der Waals surface area contributed by atoms with Gasteiger partial charge in [-0.1, -0.05) is 5.16 Å². The van der Waals surface area contributed by atoms with E-state index in [1.165, 1.54) is 0 Å². The van der Waals surface area contributed by atoms with Crippen molar-refractivity contribution in [2.45, 2.75) is 51.7 Å². The van der Waals surface area contributed by atoms with E-state index in [2.05, 4.69) is 15.8 Å². The fourth-order valence-electron chi connectivity index (χ4n) is 2.68. The van der Waals surface area contributed by atoms with Crippen LogP contribution in [0.4, 0.5) is 4.79 Å². The average Bonchev–Trinajstić information content (AvgIpc) is 2.81. The molecule has 0 aromatic heterocycles. The van der Waals surface area contributed by atoms with Gasteiger partial charge in [0.25, 0.3) is 5.91 Å². The van der Waals surface area contributed by atoms with Crippen LogP contribution in [-0.4, -0.2) is 53.8 Å². The largest absolute Gasteiger partial charge is 0.379 e. The van der Waals surface area contributed by atoms with Crippen molar-refractivity contribution in [1.29, 1.82) is 0 Å². The quantitative estimate of drug-likeness (QED) is 0.810. The summed E-state index contributed by atoms with van der Waals surface area (Å²) in [6.07, 6.45) is 2.05. The van der Waals surface area contributed by atoms with E-state index in [0.717, 1.165) is 18.6 Å². The average molecular weight is 296 g/mol. The first-order chi connectivity index (χ1) is 9.94. The fourth-order valence-corrected chi connectivity index (χ4v) is 2.68. The highest BCUT2D eigenvalue weighted by Gasteiger charge is 2.41. The molecule has 2 aliphatic rings. The zero-order valence-corrected chi connectivity index (χ0v) is 12.9. The Bertz CT molecular complexity index is 444. The van der Waals surface area contributed by atoms with Crippen LogP contribution in [0.15, 0.2) is 5.16 Å². The molecule has 1 saturated heterocycles. The van der Waals surface area contributed by atoms with Gasteiger partial charge < -0.3 is 20.4 Å². The Hall–Kier alpha value is -1.79. The molecule has 21 heavy (non-hydrogen) atoms. The van der Waals surface area contributed by atoms with Crippen LogP contribution >= 0.6 is 0 Å². The summed E-state index contributed by atoms with van der Waals surface area (Å²) < 4.78 is 0. The smallest absolute Gasteiger partial charge is 0.317 e. The van der Waals surface area contributed by atoms with Crippen molar-refractivity contribution >= 4 is 17.6 Å². The Kier molecular flexibility index (Phi) is 4.69. The summed E-state index contributed by atoms with van der Waals surface area (Å²) in [5.74, 6) is -0.125. The highest BCUT2D eigenvalue weighted by atomic mass is 16.7. The van der Waals surface area contributed by atoms with Crippen LogP contribution in [0.3, 0.4) is 0 Å². The maximum absolute atomic E-state index is 12.3. The number of hydrogen-bond acceptors (Lipinski definition) is 4. The number of hydrogen-bond donors (Lipinski definition) is 2. The standard InChI is InChI=1S/C14H24N4O3/c1-4-15-13(20)18-7-5-11(6-8-18)16-12(19)14(3)9-10(2)17-21-14/h11H,4-9H2,1-3H3,(H,15,20)(H,16,19)/t14-/m0/s1. The SMILES string of the molecule is CCNC(=O)N1CCC(NC(=O)[C@]2(C)CC(C)=NO2)CC1. The first kappa shape index (κ1) is 15.6. The molecule has 2 rings (SSSR count). The van der Waals surface area contributed by atoms with E-state index >= 15 is 0 Å². The molecule has 1 fully saturated rings. The first-order valence-corrected chi connectivity index (χ1v) is 7.50. The summed E-state index contributed by atoms with van der Waals surface area (Å²) in [4.78, 5) is 31.0. The number of urea groups is 1. The molecule has 1 atom stereocenters. The zero-order chi connectivity index (χ0) is 15.5. The minimum Gasteiger partial charge on any atom is -0.379 e. The van der Waals surface area contributed by atoms with E-state index in [1.807, 2.05) is 13.8 Å². The molecule has 0 aromatic carbocycles. The Balaban J connectivity index is 1.79. The molecular formula is C14H24N4O3. The van der Waals surface area contributed by atoms with Gasteiger partial charge in [-0.3, -0.25) is 4.79 Å². The normalized spacial score (nSPS) is 26.0. The predicted molar refractivity (Wildman–Crippen MR) is 79.0 cm³/mol.